The van der Waals surface area contributed by atoms with E-state index >= 15 is 0 Å². The molecule has 3 atom stereocenters. The highest BCUT2D eigenvalue weighted by Gasteiger charge is 2.19. The minimum Gasteiger partial charge on any atom is -0.497 e. The van der Waals surface area contributed by atoms with E-state index in [-0.39, 0.29) is 5.92 Å². The Morgan fingerprint density at radius 2 is 1.89 bits per heavy atom. The lowest BCUT2D eigenvalue weighted by molar-refractivity contribution is 0.00951. The van der Waals surface area contributed by atoms with Gasteiger partial charge in [-0.2, -0.15) is 0 Å². The number of aliphatic hydroxyl groups excluding tert-OH is 2. The van der Waals surface area contributed by atoms with Gasteiger partial charge in [0.15, 0.2) is 0 Å². The van der Waals surface area contributed by atoms with E-state index in [0.29, 0.717) is 12.8 Å². The molecule has 102 valence electrons. The number of aryl methyl sites for hydroxylation is 1. The summed E-state index contributed by atoms with van der Waals surface area (Å²) in [5.74, 6) is 1.06. The lowest BCUT2D eigenvalue weighted by Gasteiger charge is -2.22. The molecule has 2 N–H and O–H groups in total. The highest BCUT2D eigenvalue weighted by atomic mass is 16.5. The molecule has 3 heteroatoms. The topological polar surface area (TPSA) is 49.7 Å². The zero-order valence-corrected chi connectivity index (χ0v) is 11.7. The predicted octanol–water partition coefficient (Wildman–Crippen LogP) is 2.63. The fraction of sp³-hybridized carbons (Fsp3) is 0.600. The Balaban J connectivity index is 2.75. The van der Waals surface area contributed by atoms with E-state index < -0.39 is 12.2 Å². The molecule has 0 amide bonds. The molecule has 3 unspecified atom stereocenters. The van der Waals surface area contributed by atoms with Gasteiger partial charge in [0.25, 0.3) is 0 Å². The summed E-state index contributed by atoms with van der Waals surface area (Å²) in [6.45, 7) is 5.98. The van der Waals surface area contributed by atoms with E-state index in [4.69, 9.17) is 4.74 Å². The summed E-state index contributed by atoms with van der Waals surface area (Å²) in [4.78, 5) is 0. The van der Waals surface area contributed by atoms with Crippen LogP contribution in [0.3, 0.4) is 0 Å². The van der Waals surface area contributed by atoms with Gasteiger partial charge in [0, 0.05) is 0 Å². The van der Waals surface area contributed by atoms with Crippen LogP contribution in [-0.4, -0.2) is 29.5 Å². The van der Waals surface area contributed by atoms with E-state index in [1.807, 2.05) is 32.0 Å². The maximum atomic E-state index is 9.87. The first-order valence-corrected chi connectivity index (χ1v) is 6.50. The molecule has 1 aromatic carbocycles. The second-order valence-electron chi connectivity index (χ2n) is 4.90. The van der Waals surface area contributed by atoms with Crippen molar-refractivity contribution in [3.63, 3.8) is 0 Å². The van der Waals surface area contributed by atoms with Gasteiger partial charge in [-0.1, -0.05) is 19.9 Å². The first-order valence-electron chi connectivity index (χ1n) is 6.50. The van der Waals surface area contributed by atoms with Crippen LogP contribution < -0.4 is 4.74 Å². The average Bonchev–Trinajstić information content (AvgIpc) is 2.37. The minimum absolute atomic E-state index is 0.215. The molecule has 0 aromatic heterocycles. The van der Waals surface area contributed by atoms with Crippen molar-refractivity contribution in [3.8, 4) is 5.75 Å². The Morgan fingerprint density at radius 3 is 2.39 bits per heavy atom. The fourth-order valence-electron chi connectivity index (χ4n) is 2.25. The van der Waals surface area contributed by atoms with E-state index in [1.54, 1.807) is 7.11 Å². The van der Waals surface area contributed by atoms with Crippen LogP contribution in [-0.2, 0) is 0 Å². The third-order valence-corrected chi connectivity index (χ3v) is 3.47. The fourth-order valence-corrected chi connectivity index (χ4v) is 2.25. The zero-order valence-electron chi connectivity index (χ0n) is 11.7. The molecule has 0 bridgehead atoms. The lowest BCUT2D eigenvalue weighted by atomic mass is 9.90. The van der Waals surface area contributed by atoms with Crippen molar-refractivity contribution in [2.75, 3.05) is 7.11 Å². The van der Waals surface area contributed by atoms with Gasteiger partial charge >= 0.3 is 0 Å². The molecule has 0 aliphatic rings. The Kier molecular flexibility index (Phi) is 5.63. The highest BCUT2D eigenvalue weighted by Crippen LogP contribution is 2.27. The summed E-state index contributed by atoms with van der Waals surface area (Å²) in [6, 6.07) is 5.96. The molecule has 3 nitrogen and oxygen atoms in total. The lowest BCUT2D eigenvalue weighted by Crippen LogP contribution is -2.26. The van der Waals surface area contributed by atoms with Crippen LogP contribution in [0.1, 0.15) is 43.7 Å². The smallest absolute Gasteiger partial charge is 0.119 e. The molecule has 0 heterocycles. The number of hydrogen-bond donors (Lipinski definition) is 2. The minimum atomic E-state index is -0.661. The molecular weight excluding hydrogens is 228 g/mol. The van der Waals surface area contributed by atoms with Gasteiger partial charge < -0.3 is 14.9 Å². The number of benzene rings is 1. The number of methoxy groups -OCH3 is 1. The molecule has 0 aliphatic heterocycles. The van der Waals surface area contributed by atoms with Crippen LogP contribution >= 0.6 is 0 Å². The molecule has 0 aliphatic carbocycles. The molecule has 1 rings (SSSR count). The van der Waals surface area contributed by atoms with Crippen LogP contribution in [0.5, 0.6) is 5.75 Å². The molecule has 0 saturated heterocycles. The molecule has 0 fully saturated rings. The summed E-state index contributed by atoms with van der Waals surface area (Å²) in [5.41, 5.74) is 2.35. The Hall–Kier alpha value is -1.06. The van der Waals surface area contributed by atoms with E-state index in [0.717, 1.165) is 11.3 Å². The Morgan fingerprint density at radius 1 is 1.22 bits per heavy atom. The molecule has 0 saturated carbocycles. The second-order valence-corrected chi connectivity index (χ2v) is 4.90. The van der Waals surface area contributed by atoms with Gasteiger partial charge in [0.1, 0.15) is 5.75 Å². The number of aliphatic hydroxyl groups is 2. The maximum absolute atomic E-state index is 9.87. The largest absolute Gasteiger partial charge is 0.497 e. The van der Waals surface area contributed by atoms with E-state index in [2.05, 4.69) is 6.92 Å². The molecule has 1 aromatic rings. The van der Waals surface area contributed by atoms with Gasteiger partial charge in [0.2, 0.25) is 0 Å². The number of ether oxygens (including phenoxy) is 1. The second kappa shape index (κ2) is 6.76. The quantitative estimate of drug-likeness (QED) is 0.818. The van der Waals surface area contributed by atoms with Crippen LogP contribution in [0.25, 0.3) is 0 Å². The summed E-state index contributed by atoms with van der Waals surface area (Å²) in [7, 11) is 1.65. The molecule has 0 radical (unpaired) electrons. The third kappa shape index (κ3) is 3.72. The molecular formula is C15H24O3. The summed E-state index contributed by atoms with van der Waals surface area (Å²) in [6.07, 6.45) is -0.144. The van der Waals surface area contributed by atoms with E-state index in [9.17, 15) is 10.2 Å². The van der Waals surface area contributed by atoms with Crippen LogP contribution in [0.2, 0.25) is 0 Å². The van der Waals surface area contributed by atoms with Gasteiger partial charge in [-0.3, -0.25) is 0 Å². The van der Waals surface area contributed by atoms with Crippen LogP contribution in [0, 0.1) is 6.92 Å². The van der Waals surface area contributed by atoms with Gasteiger partial charge in [-0.25, -0.2) is 0 Å². The predicted molar refractivity (Wildman–Crippen MR) is 73.1 cm³/mol. The van der Waals surface area contributed by atoms with Crippen LogP contribution in [0.15, 0.2) is 18.2 Å². The maximum Gasteiger partial charge on any atom is 0.119 e. The van der Waals surface area contributed by atoms with Crippen molar-refractivity contribution >= 4 is 0 Å². The van der Waals surface area contributed by atoms with Gasteiger partial charge in [-0.05, 0) is 48.9 Å². The zero-order chi connectivity index (χ0) is 13.7. The SMILES string of the molecule is CCC(O)C(O)CC(C)c1ccc(OC)cc1C. The van der Waals surface area contributed by atoms with Crippen LogP contribution in [0.4, 0.5) is 0 Å². The number of rotatable bonds is 6. The summed E-state index contributed by atoms with van der Waals surface area (Å²) in [5, 5.41) is 19.5. The summed E-state index contributed by atoms with van der Waals surface area (Å²) < 4.78 is 5.18. The third-order valence-electron chi connectivity index (χ3n) is 3.47. The molecule has 18 heavy (non-hydrogen) atoms. The van der Waals surface area contributed by atoms with Crippen molar-refractivity contribution in [1.82, 2.24) is 0 Å². The molecule has 0 spiro atoms. The Bertz CT molecular complexity index is 376. The average molecular weight is 252 g/mol. The summed E-state index contributed by atoms with van der Waals surface area (Å²) >= 11 is 0. The normalized spacial score (nSPS) is 16.1. The van der Waals surface area contributed by atoms with Crippen molar-refractivity contribution < 1.29 is 14.9 Å². The van der Waals surface area contributed by atoms with Crippen molar-refractivity contribution in [2.24, 2.45) is 0 Å². The van der Waals surface area contributed by atoms with Crippen molar-refractivity contribution in [3.05, 3.63) is 29.3 Å². The van der Waals surface area contributed by atoms with Gasteiger partial charge in [-0.15, -0.1) is 0 Å². The van der Waals surface area contributed by atoms with Gasteiger partial charge in [0.05, 0.1) is 19.3 Å². The first kappa shape index (κ1) is 15.0. The van der Waals surface area contributed by atoms with Crippen molar-refractivity contribution in [2.45, 2.75) is 51.7 Å². The van der Waals surface area contributed by atoms with Crippen molar-refractivity contribution in [1.29, 1.82) is 0 Å². The highest BCUT2D eigenvalue weighted by molar-refractivity contribution is 5.36. The number of hydrogen-bond acceptors (Lipinski definition) is 3. The Labute approximate surface area is 109 Å². The van der Waals surface area contributed by atoms with E-state index in [1.165, 1.54) is 5.56 Å². The standard InChI is InChI=1S/C15H24O3/c1-5-14(16)15(17)9-11(3)13-7-6-12(18-4)8-10(13)2/h6-8,11,14-17H,5,9H2,1-4H3. The monoisotopic (exact) mass is 252 g/mol. The first-order chi connectivity index (χ1) is 8.49.